The summed E-state index contributed by atoms with van der Waals surface area (Å²) in [6.07, 6.45) is 14.5. The molecule has 0 saturated heterocycles. The molecule has 0 amide bonds. The van der Waals surface area contributed by atoms with E-state index in [1.54, 1.807) is 0 Å². The van der Waals surface area contributed by atoms with Gasteiger partial charge in [0.1, 0.15) is 0 Å². The SMILES string of the molecule is C=COC(=O)/C=C/CCCCCCCCC. The normalized spacial score (nSPS) is 10.6. The lowest BCUT2D eigenvalue weighted by Crippen LogP contribution is -1.92. The van der Waals surface area contributed by atoms with Crippen LogP contribution in [0.4, 0.5) is 0 Å². The van der Waals surface area contributed by atoms with Gasteiger partial charge in [-0.25, -0.2) is 4.79 Å². The molecule has 92 valence electrons. The number of unbranched alkanes of at least 4 members (excludes halogenated alkanes) is 7. The van der Waals surface area contributed by atoms with Crippen LogP contribution in [0.3, 0.4) is 0 Å². The van der Waals surface area contributed by atoms with E-state index >= 15 is 0 Å². The van der Waals surface area contributed by atoms with E-state index in [-0.39, 0.29) is 5.97 Å². The van der Waals surface area contributed by atoms with Crippen molar-refractivity contribution in [1.29, 1.82) is 0 Å². The van der Waals surface area contributed by atoms with Crippen LogP contribution in [-0.2, 0) is 9.53 Å². The van der Waals surface area contributed by atoms with Crippen LogP contribution in [0.2, 0.25) is 0 Å². The third kappa shape index (κ3) is 11.0. The zero-order chi connectivity index (χ0) is 12.1. The second-order valence-corrected chi connectivity index (χ2v) is 3.92. The Balaban J connectivity index is 3.20. The largest absolute Gasteiger partial charge is 0.432 e. The standard InChI is InChI=1S/C14H24O2/c1-3-5-6-7-8-9-10-11-12-13-14(15)16-4-2/h4,12-13H,2-3,5-11H2,1H3/b13-12+. The summed E-state index contributed by atoms with van der Waals surface area (Å²) in [5, 5.41) is 0. The van der Waals surface area contributed by atoms with E-state index in [2.05, 4.69) is 18.2 Å². The summed E-state index contributed by atoms with van der Waals surface area (Å²) in [4.78, 5) is 10.9. The summed E-state index contributed by atoms with van der Waals surface area (Å²) in [5.41, 5.74) is 0. The predicted octanol–water partition coefficient (Wildman–Crippen LogP) is 4.37. The van der Waals surface area contributed by atoms with Crippen molar-refractivity contribution in [3.05, 3.63) is 25.0 Å². The average Bonchev–Trinajstić information content (AvgIpc) is 2.27. The molecular weight excluding hydrogens is 200 g/mol. The number of hydrogen-bond acceptors (Lipinski definition) is 2. The fourth-order valence-corrected chi connectivity index (χ4v) is 1.52. The molecule has 0 aliphatic heterocycles. The second-order valence-electron chi connectivity index (χ2n) is 3.92. The van der Waals surface area contributed by atoms with Crippen LogP contribution in [0.25, 0.3) is 0 Å². The maximum atomic E-state index is 10.9. The van der Waals surface area contributed by atoms with Crippen molar-refractivity contribution in [2.75, 3.05) is 0 Å². The van der Waals surface area contributed by atoms with E-state index in [0.717, 1.165) is 19.1 Å². The smallest absolute Gasteiger partial charge is 0.335 e. The van der Waals surface area contributed by atoms with E-state index in [9.17, 15) is 4.79 Å². The second kappa shape index (κ2) is 12.0. The number of hydrogen-bond donors (Lipinski definition) is 0. The number of carbonyl (C=O) groups excluding carboxylic acids is 1. The first kappa shape index (κ1) is 14.9. The first-order chi connectivity index (χ1) is 7.81. The molecule has 0 aromatic carbocycles. The van der Waals surface area contributed by atoms with Crippen molar-refractivity contribution < 1.29 is 9.53 Å². The highest BCUT2D eigenvalue weighted by molar-refractivity contribution is 5.82. The monoisotopic (exact) mass is 224 g/mol. The van der Waals surface area contributed by atoms with E-state index in [4.69, 9.17) is 0 Å². The molecule has 0 rings (SSSR count). The molecule has 0 N–H and O–H groups in total. The lowest BCUT2D eigenvalue weighted by Gasteiger charge is -1.98. The first-order valence-corrected chi connectivity index (χ1v) is 6.29. The zero-order valence-electron chi connectivity index (χ0n) is 10.4. The van der Waals surface area contributed by atoms with Gasteiger partial charge in [0, 0.05) is 6.08 Å². The Kier molecular flexibility index (Phi) is 11.2. The maximum Gasteiger partial charge on any atom is 0.335 e. The quantitative estimate of drug-likeness (QED) is 0.238. The van der Waals surface area contributed by atoms with Crippen LogP contribution in [0, 0.1) is 0 Å². The highest BCUT2D eigenvalue weighted by Crippen LogP contribution is 2.08. The zero-order valence-corrected chi connectivity index (χ0v) is 10.4. The lowest BCUT2D eigenvalue weighted by atomic mass is 10.1. The fraction of sp³-hybridized carbons (Fsp3) is 0.643. The van der Waals surface area contributed by atoms with Gasteiger partial charge in [-0.1, -0.05) is 58.1 Å². The van der Waals surface area contributed by atoms with E-state index in [1.165, 1.54) is 44.6 Å². The highest BCUT2D eigenvalue weighted by Gasteiger charge is 1.92. The van der Waals surface area contributed by atoms with Crippen LogP contribution in [0.5, 0.6) is 0 Å². The molecule has 0 bridgehead atoms. The van der Waals surface area contributed by atoms with Gasteiger partial charge in [0.05, 0.1) is 6.26 Å². The number of rotatable bonds is 10. The van der Waals surface area contributed by atoms with Gasteiger partial charge < -0.3 is 4.74 Å². The fourth-order valence-electron chi connectivity index (χ4n) is 1.52. The van der Waals surface area contributed by atoms with Crippen molar-refractivity contribution in [3.8, 4) is 0 Å². The molecule has 2 heteroatoms. The van der Waals surface area contributed by atoms with Gasteiger partial charge in [-0.15, -0.1) is 0 Å². The van der Waals surface area contributed by atoms with Crippen LogP contribution >= 0.6 is 0 Å². The summed E-state index contributed by atoms with van der Waals surface area (Å²) in [6, 6.07) is 0. The molecule has 0 fully saturated rings. The number of ether oxygens (including phenoxy) is 1. The van der Waals surface area contributed by atoms with Gasteiger partial charge in [0.25, 0.3) is 0 Å². The van der Waals surface area contributed by atoms with Crippen molar-refractivity contribution in [3.63, 3.8) is 0 Å². The Hall–Kier alpha value is -1.05. The molecule has 0 aromatic heterocycles. The van der Waals surface area contributed by atoms with Gasteiger partial charge in [-0.2, -0.15) is 0 Å². The molecule has 2 nitrogen and oxygen atoms in total. The molecule has 0 unspecified atom stereocenters. The van der Waals surface area contributed by atoms with Crippen LogP contribution < -0.4 is 0 Å². The molecule has 0 heterocycles. The summed E-state index contributed by atoms with van der Waals surface area (Å²) in [5.74, 6) is -0.335. The van der Waals surface area contributed by atoms with E-state index in [0.29, 0.717) is 0 Å². The Morgan fingerprint density at radius 3 is 2.38 bits per heavy atom. The molecule has 0 aliphatic rings. The predicted molar refractivity (Wildman–Crippen MR) is 68.0 cm³/mol. The molecule has 16 heavy (non-hydrogen) atoms. The van der Waals surface area contributed by atoms with Gasteiger partial charge in [0.2, 0.25) is 0 Å². The van der Waals surface area contributed by atoms with Crippen molar-refractivity contribution in [1.82, 2.24) is 0 Å². The Bertz CT molecular complexity index is 207. The topological polar surface area (TPSA) is 26.3 Å². The minimum absolute atomic E-state index is 0.335. The van der Waals surface area contributed by atoms with E-state index in [1.807, 2.05) is 6.08 Å². The molecular formula is C14H24O2. The Labute approximate surface area is 99.4 Å². The minimum Gasteiger partial charge on any atom is -0.432 e. The number of carbonyl (C=O) groups is 1. The number of esters is 1. The molecule has 0 spiro atoms. The third-order valence-corrected chi connectivity index (χ3v) is 2.43. The summed E-state index contributed by atoms with van der Waals surface area (Å²) in [6.45, 7) is 5.55. The van der Waals surface area contributed by atoms with Gasteiger partial charge in [0.15, 0.2) is 0 Å². The summed E-state index contributed by atoms with van der Waals surface area (Å²) < 4.78 is 4.55. The van der Waals surface area contributed by atoms with Crippen molar-refractivity contribution in [2.45, 2.75) is 58.3 Å². The van der Waals surface area contributed by atoms with Crippen LogP contribution in [0.1, 0.15) is 58.3 Å². The average molecular weight is 224 g/mol. The molecule has 0 aromatic rings. The van der Waals surface area contributed by atoms with E-state index < -0.39 is 0 Å². The van der Waals surface area contributed by atoms with Crippen molar-refractivity contribution >= 4 is 5.97 Å². The molecule has 0 aliphatic carbocycles. The van der Waals surface area contributed by atoms with Crippen molar-refractivity contribution in [2.24, 2.45) is 0 Å². The van der Waals surface area contributed by atoms with Crippen LogP contribution in [-0.4, -0.2) is 5.97 Å². The lowest BCUT2D eigenvalue weighted by molar-refractivity contribution is -0.132. The Morgan fingerprint density at radius 2 is 1.75 bits per heavy atom. The molecule has 0 atom stereocenters. The highest BCUT2D eigenvalue weighted by atomic mass is 16.5. The molecule has 0 radical (unpaired) electrons. The van der Waals surface area contributed by atoms with Gasteiger partial charge in [-0.3, -0.25) is 0 Å². The third-order valence-electron chi connectivity index (χ3n) is 2.43. The summed E-state index contributed by atoms with van der Waals surface area (Å²) >= 11 is 0. The Morgan fingerprint density at radius 1 is 1.12 bits per heavy atom. The summed E-state index contributed by atoms with van der Waals surface area (Å²) in [7, 11) is 0. The maximum absolute atomic E-state index is 10.9. The van der Waals surface area contributed by atoms with Gasteiger partial charge in [-0.05, 0) is 12.8 Å². The van der Waals surface area contributed by atoms with Gasteiger partial charge >= 0.3 is 5.97 Å². The minimum atomic E-state index is -0.335. The van der Waals surface area contributed by atoms with Crippen LogP contribution in [0.15, 0.2) is 25.0 Å². The number of allylic oxidation sites excluding steroid dienone is 1. The molecule has 0 saturated carbocycles. The first-order valence-electron chi connectivity index (χ1n) is 6.29.